The molecule has 25 heteroatoms. The fourth-order valence-corrected chi connectivity index (χ4v) is 11.0. The van der Waals surface area contributed by atoms with Crippen molar-refractivity contribution in [2.75, 3.05) is 96.4 Å². The fraction of sp³-hybridized carbons (Fsp3) is 0.310. The Morgan fingerprint density at radius 2 is 0.940 bits per heavy atom. The van der Waals surface area contributed by atoms with E-state index in [9.17, 15) is 45.7 Å². The molecule has 0 spiro atoms. The third kappa shape index (κ3) is 17.0. The van der Waals surface area contributed by atoms with Crippen LogP contribution in [0.15, 0.2) is 142 Å². The van der Waals surface area contributed by atoms with Crippen LogP contribution < -0.4 is 21.3 Å². The van der Waals surface area contributed by atoms with E-state index in [1.165, 1.54) is 25.2 Å². The van der Waals surface area contributed by atoms with Gasteiger partial charge in [0.15, 0.2) is 35.3 Å². The zero-order valence-electron chi connectivity index (χ0n) is 50.0. The molecule has 0 amide bonds. The smallest absolute Gasteiger partial charge is 0.175 e. The van der Waals surface area contributed by atoms with Gasteiger partial charge in [-0.05, 0) is 102 Å². The number of fused-ring (bicyclic) bond motifs is 4. The SMILES string of the molecule is CC.CC.CN=Nc1c(N(C)C)ccc2c(O)c(CS(C)(=O)=O)c(S(C)(=O)=O)cc12.CN=Nc1c(N(C)C)ccc2c(O)cc(S(C)(=O)=O)cc12.CN=Nc1ccc2cc(C)cc(N)c2c1O.CN=Nc1ccc2cc(C)cc(O)c2c1N. The van der Waals surface area contributed by atoms with Crippen LogP contribution in [0, 0.1) is 13.8 Å². The molecule has 0 aliphatic heterocycles. The molecule has 0 unspecified atom stereocenters. The van der Waals surface area contributed by atoms with Crippen molar-refractivity contribution < 1.29 is 45.7 Å². The first-order chi connectivity index (χ1) is 38.9. The molecule has 446 valence electrons. The van der Waals surface area contributed by atoms with Gasteiger partial charge in [0.1, 0.15) is 40.0 Å². The molecular formula is C58H76N12O10S3. The first kappa shape index (κ1) is 68.7. The molecule has 0 bridgehead atoms. The number of hydrogen-bond acceptors (Lipinski definition) is 22. The van der Waals surface area contributed by atoms with E-state index in [0.29, 0.717) is 72.1 Å². The molecule has 83 heavy (non-hydrogen) atoms. The second kappa shape index (κ2) is 29.4. The average Bonchev–Trinajstić information content (AvgIpc) is 3.61. The largest absolute Gasteiger partial charge is 0.507 e. The van der Waals surface area contributed by atoms with Crippen LogP contribution in [-0.4, -0.2) is 121 Å². The third-order valence-corrected chi connectivity index (χ3v) is 14.9. The van der Waals surface area contributed by atoms with E-state index in [2.05, 4.69) is 40.9 Å². The Bertz CT molecular complexity index is 4030. The second-order valence-corrected chi connectivity index (χ2v) is 24.7. The zero-order chi connectivity index (χ0) is 63.1. The lowest BCUT2D eigenvalue weighted by molar-refractivity contribution is 0.473. The van der Waals surface area contributed by atoms with Gasteiger partial charge in [-0.1, -0.05) is 52.0 Å². The predicted octanol–water partition coefficient (Wildman–Crippen LogP) is 13.4. The molecule has 8 aromatic carbocycles. The van der Waals surface area contributed by atoms with Gasteiger partial charge in [0, 0.05) is 119 Å². The van der Waals surface area contributed by atoms with E-state index >= 15 is 0 Å². The van der Waals surface area contributed by atoms with E-state index in [4.69, 9.17) is 11.5 Å². The number of hydrogen-bond donors (Lipinski definition) is 6. The molecule has 8 aromatic rings. The lowest BCUT2D eigenvalue weighted by Gasteiger charge is -2.19. The summed E-state index contributed by atoms with van der Waals surface area (Å²) in [5, 5.41) is 76.3. The minimum atomic E-state index is -3.79. The van der Waals surface area contributed by atoms with Gasteiger partial charge in [0.2, 0.25) is 0 Å². The van der Waals surface area contributed by atoms with Gasteiger partial charge in [-0.25, -0.2) is 25.3 Å². The molecule has 0 aliphatic rings. The highest BCUT2D eigenvalue weighted by Gasteiger charge is 2.25. The summed E-state index contributed by atoms with van der Waals surface area (Å²) >= 11 is 0. The van der Waals surface area contributed by atoms with Crippen LogP contribution in [0.2, 0.25) is 0 Å². The average molecular weight is 1200 g/mol. The van der Waals surface area contributed by atoms with Crippen molar-refractivity contribution in [3.8, 4) is 23.0 Å². The summed E-state index contributed by atoms with van der Waals surface area (Å²) < 4.78 is 71.5. The van der Waals surface area contributed by atoms with E-state index in [1.54, 1.807) is 76.5 Å². The number of phenolic OH excluding ortho intramolecular Hbond substituents is 4. The molecular weight excluding hydrogens is 1120 g/mol. The number of sulfone groups is 3. The number of benzene rings is 8. The summed E-state index contributed by atoms with van der Waals surface area (Å²) in [6.07, 6.45) is 3.05. The summed E-state index contributed by atoms with van der Waals surface area (Å²) in [5.74, 6) is -0.796. The van der Waals surface area contributed by atoms with Gasteiger partial charge in [-0.2, -0.15) is 40.9 Å². The molecule has 8 N–H and O–H groups in total. The summed E-state index contributed by atoms with van der Waals surface area (Å²) in [6, 6.07) is 25.7. The van der Waals surface area contributed by atoms with Crippen LogP contribution >= 0.6 is 0 Å². The lowest BCUT2D eigenvalue weighted by atomic mass is 10.0. The molecule has 0 fully saturated rings. The molecule has 0 saturated heterocycles. The van der Waals surface area contributed by atoms with Gasteiger partial charge in [0.25, 0.3) is 0 Å². The Kier molecular flexibility index (Phi) is 24.4. The maximum Gasteiger partial charge on any atom is 0.175 e. The van der Waals surface area contributed by atoms with E-state index in [0.717, 1.165) is 46.4 Å². The molecule has 8 rings (SSSR count). The van der Waals surface area contributed by atoms with Crippen molar-refractivity contribution in [3.05, 3.63) is 108 Å². The van der Waals surface area contributed by atoms with Crippen molar-refractivity contribution in [1.29, 1.82) is 0 Å². The highest BCUT2D eigenvalue weighted by atomic mass is 32.2. The monoisotopic (exact) mass is 1200 g/mol. The normalized spacial score (nSPS) is 11.6. The summed E-state index contributed by atoms with van der Waals surface area (Å²) in [6.45, 7) is 11.9. The number of aryl methyl sites for hydroxylation is 2. The maximum absolute atomic E-state index is 12.3. The number of rotatable bonds is 10. The van der Waals surface area contributed by atoms with Crippen LogP contribution in [0.25, 0.3) is 43.1 Å². The van der Waals surface area contributed by atoms with Crippen molar-refractivity contribution >= 4 is 118 Å². The number of aromatic hydroxyl groups is 4. The highest BCUT2D eigenvalue weighted by molar-refractivity contribution is 7.91. The van der Waals surface area contributed by atoms with E-state index in [-0.39, 0.29) is 38.4 Å². The number of nitrogens with two attached hydrogens (primary N) is 2. The maximum atomic E-state index is 12.3. The van der Waals surface area contributed by atoms with Crippen LogP contribution in [0.3, 0.4) is 0 Å². The topological polar surface area (TPSA) is 341 Å². The number of nitrogen functional groups attached to an aromatic ring is 2. The number of nitrogens with zero attached hydrogens (tertiary/aromatic N) is 10. The highest BCUT2D eigenvalue weighted by Crippen LogP contribution is 2.45. The van der Waals surface area contributed by atoms with Crippen LogP contribution in [0.1, 0.15) is 44.4 Å². The summed E-state index contributed by atoms with van der Waals surface area (Å²) in [4.78, 5) is 3.45. The predicted molar refractivity (Wildman–Crippen MR) is 339 cm³/mol. The fourth-order valence-electron chi connectivity index (χ4n) is 8.50. The molecule has 22 nitrogen and oxygen atoms in total. The minimum Gasteiger partial charge on any atom is -0.507 e. The Hall–Kier alpha value is -8.55. The van der Waals surface area contributed by atoms with Crippen LogP contribution in [-0.2, 0) is 35.3 Å². The van der Waals surface area contributed by atoms with Crippen LogP contribution in [0.4, 0.5) is 45.5 Å². The molecule has 0 aromatic heterocycles. The minimum absolute atomic E-state index is 0.0518. The third-order valence-electron chi connectivity index (χ3n) is 11.9. The Balaban J connectivity index is 0.000000289. The van der Waals surface area contributed by atoms with Crippen molar-refractivity contribution in [2.24, 2.45) is 40.9 Å². The molecule has 0 atom stereocenters. The number of azo groups is 4. The lowest BCUT2D eigenvalue weighted by Crippen LogP contribution is -2.10. The molecule has 0 heterocycles. The number of anilines is 4. The molecule has 0 radical (unpaired) electrons. The van der Waals surface area contributed by atoms with Crippen molar-refractivity contribution in [1.82, 2.24) is 0 Å². The van der Waals surface area contributed by atoms with E-state index in [1.807, 2.05) is 96.9 Å². The van der Waals surface area contributed by atoms with Gasteiger partial charge in [0.05, 0.1) is 32.6 Å². The Morgan fingerprint density at radius 3 is 1.41 bits per heavy atom. The first-order valence-corrected chi connectivity index (χ1v) is 31.5. The Morgan fingerprint density at radius 1 is 0.482 bits per heavy atom. The standard InChI is InChI=1S/C16H21N3O5S2.C14H17N3O3S.2C12H13N3O.2C2H6/c1-17-18-15-11-8-14(26(5,23)24)12(9-25(4,21)22)16(20)10(11)6-7-13(15)19(2)3;1-15-16-14-11-7-9(21(4,19)20)8-13(18)10(11)5-6-12(14)17(2)3;1-7-5-8-3-4-10(15-14-2)12(16)11(8)9(13)6-7;1-7-5-8-3-4-9(15-14-2)12(13)11(8)10(16)6-7;2*1-2/h6-8,20H,9H2,1-5H3;5-8,18H,1-4H3;2*3-6,16H,13H2,1-2H3;2*1-2H3. The summed E-state index contributed by atoms with van der Waals surface area (Å²) in [5.41, 5.74) is 18.2. The summed E-state index contributed by atoms with van der Waals surface area (Å²) in [7, 11) is 2.68. The van der Waals surface area contributed by atoms with Gasteiger partial charge in [-0.3, -0.25) is 0 Å². The van der Waals surface area contributed by atoms with Crippen molar-refractivity contribution in [3.63, 3.8) is 0 Å². The second-order valence-electron chi connectivity index (χ2n) is 18.6. The van der Waals surface area contributed by atoms with Gasteiger partial charge in [-0.15, -0.1) is 0 Å². The van der Waals surface area contributed by atoms with E-state index < -0.39 is 35.3 Å². The zero-order valence-corrected chi connectivity index (χ0v) is 52.4. The first-order valence-electron chi connectivity index (χ1n) is 25.7. The van der Waals surface area contributed by atoms with Gasteiger partial charge < -0.3 is 41.7 Å². The van der Waals surface area contributed by atoms with Gasteiger partial charge >= 0.3 is 0 Å². The van der Waals surface area contributed by atoms with Crippen LogP contribution in [0.5, 0.6) is 23.0 Å². The number of phenols is 4. The molecule has 0 saturated carbocycles. The Labute approximate surface area is 486 Å². The quantitative estimate of drug-likeness (QED) is 0.0548. The molecule has 0 aliphatic carbocycles. The van der Waals surface area contributed by atoms with Crippen molar-refractivity contribution in [2.45, 2.75) is 57.1 Å².